The van der Waals surface area contributed by atoms with Crippen LogP contribution in [0.2, 0.25) is 0 Å². The molecule has 6 heteroatoms. The van der Waals surface area contributed by atoms with Gasteiger partial charge in [0.05, 0.1) is 16.7 Å². The van der Waals surface area contributed by atoms with Gasteiger partial charge in [-0.3, -0.25) is 0 Å². The van der Waals surface area contributed by atoms with Gasteiger partial charge >= 0.3 is 0 Å². The van der Waals surface area contributed by atoms with Gasteiger partial charge in [0.15, 0.2) is 0 Å². The minimum Gasteiger partial charge on any atom is -0.369 e. The van der Waals surface area contributed by atoms with E-state index in [1.54, 1.807) is 10.9 Å². The molecule has 0 spiro atoms. The second kappa shape index (κ2) is 4.35. The van der Waals surface area contributed by atoms with Crippen LogP contribution in [-0.2, 0) is 0 Å². The molecule has 3 nitrogen and oxygen atoms in total. The van der Waals surface area contributed by atoms with Gasteiger partial charge < -0.3 is 5.32 Å². The molecule has 94 valence electrons. The van der Waals surface area contributed by atoms with E-state index in [4.69, 9.17) is 0 Å². The lowest BCUT2D eigenvalue weighted by Gasteiger charge is -2.26. The number of aromatic nitrogens is 2. The molecule has 1 aliphatic rings. The Morgan fingerprint density at radius 3 is 3.06 bits per heavy atom. The Kier molecular flexibility index (Phi) is 2.81. The fourth-order valence-electron chi connectivity index (χ4n) is 2.25. The SMILES string of the molecule is Fc1ccc(F)c(C2CCNc3c(Br)cnn32)c1. The largest absolute Gasteiger partial charge is 0.369 e. The molecule has 1 aliphatic heterocycles. The first-order valence-corrected chi connectivity index (χ1v) is 6.38. The summed E-state index contributed by atoms with van der Waals surface area (Å²) >= 11 is 3.37. The molecule has 1 aromatic carbocycles. The summed E-state index contributed by atoms with van der Waals surface area (Å²) in [5.41, 5.74) is 0.341. The Morgan fingerprint density at radius 2 is 2.22 bits per heavy atom. The van der Waals surface area contributed by atoms with Crippen LogP contribution in [0.3, 0.4) is 0 Å². The third-order valence-electron chi connectivity index (χ3n) is 3.07. The van der Waals surface area contributed by atoms with Crippen molar-refractivity contribution >= 4 is 21.7 Å². The molecule has 0 radical (unpaired) electrons. The van der Waals surface area contributed by atoms with E-state index in [2.05, 4.69) is 26.3 Å². The molecule has 1 aromatic heterocycles. The van der Waals surface area contributed by atoms with E-state index in [1.807, 2.05) is 0 Å². The summed E-state index contributed by atoms with van der Waals surface area (Å²) in [6, 6.07) is 3.25. The zero-order valence-electron chi connectivity index (χ0n) is 9.33. The molecule has 1 N–H and O–H groups in total. The molecule has 1 atom stereocenters. The molecule has 0 saturated heterocycles. The van der Waals surface area contributed by atoms with Crippen molar-refractivity contribution < 1.29 is 8.78 Å². The van der Waals surface area contributed by atoms with E-state index in [0.717, 1.165) is 22.4 Å². The average Bonchev–Trinajstić information content (AvgIpc) is 2.75. The van der Waals surface area contributed by atoms with E-state index in [0.29, 0.717) is 18.5 Å². The van der Waals surface area contributed by atoms with Crippen molar-refractivity contribution in [3.05, 3.63) is 46.1 Å². The summed E-state index contributed by atoms with van der Waals surface area (Å²) in [5.74, 6) is -0.0338. The van der Waals surface area contributed by atoms with Gasteiger partial charge in [0.2, 0.25) is 0 Å². The first kappa shape index (κ1) is 11.6. The number of halogens is 3. The second-order valence-corrected chi connectivity index (χ2v) is 5.04. The van der Waals surface area contributed by atoms with E-state index in [-0.39, 0.29) is 6.04 Å². The average molecular weight is 314 g/mol. The Bertz CT molecular complexity index is 597. The number of rotatable bonds is 1. The van der Waals surface area contributed by atoms with E-state index < -0.39 is 11.6 Å². The maximum Gasteiger partial charge on any atom is 0.139 e. The first-order valence-electron chi connectivity index (χ1n) is 5.58. The van der Waals surface area contributed by atoms with Crippen molar-refractivity contribution in [3.63, 3.8) is 0 Å². The number of hydrogen-bond acceptors (Lipinski definition) is 2. The molecular weight excluding hydrogens is 304 g/mol. The number of anilines is 1. The maximum atomic E-state index is 13.8. The minimum atomic E-state index is -0.433. The number of nitrogens with zero attached hydrogens (tertiary/aromatic N) is 2. The van der Waals surface area contributed by atoms with E-state index in [1.165, 1.54) is 6.07 Å². The molecule has 0 bridgehead atoms. The number of nitrogens with one attached hydrogen (secondary N) is 1. The second-order valence-electron chi connectivity index (χ2n) is 4.18. The third kappa shape index (κ3) is 1.80. The highest BCUT2D eigenvalue weighted by atomic mass is 79.9. The van der Waals surface area contributed by atoms with Crippen LogP contribution in [0.15, 0.2) is 28.9 Å². The van der Waals surface area contributed by atoms with Gasteiger partial charge in [-0.1, -0.05) is 0 Å². The predicted octanol–water partition coefficient (Wildman–Crippen LogP) is 3.33. The van der Waals surface area contributed by atoms with Crippen LogP contribution in [0.25, 0.3) is 0 Å². The van der Waals surface area contributed by atoms with Gasteiger partial charge in [-0.25, -0.2) is 13.5 Å². The smallest absolute Gasteiger partial charge is 0.139 e. The lowest BCUT2D eigenvalue weighted by atomic mass is 10.0. The van der Waals surface area contributed by atoms with Crippen molar-refractivity contribution in [1.29, 1.82) is 0 Å². The summed E-state index contributed by atoms with van der Waals surface area (Å²) in [6.07, 6.45) is 2.32. The van der Waals surface area contributed by atoms with Crippen molar-refractivity contribution in [2.24, 2.45) is 0 Å². The van der Waals surface area contributed by atoms with Crippen LogP contribution in [0.5, 0.6) is 0 Å². The van der Waals surface area contributed by atoms with Gasteiger partial charge in [0.25, 0.3) is 0 Å². The highest BCUT2D eigenvalue weighted by Gasteiger charge is 2.26. The monoisotopic (exact) mass is 313 g/mol. The fourth-order valence-corrected chi connectivity index (χ4v) is 2.66. The van der Waals surface area contributed by atoms with Crippen molar-refractivity contribution in [1.82, 2.24) is 9.78 Å². The molecule has 2 heterocycles. The lowest BCUT2D eigenvalue weighted by Crippen LogP contribution is -2.25. The molecule has 0 saturated carbocycles. The zero-order valence-corrected chi connectivity index (χ0v) is 10.9. The normalized spacial score (nSPS) is 18.3. The van der Waals surface area contributed by atoms with Crippen LogP contribution < -0.4 is 5.32 Å². The fraction of sp³-hybridized carbons (Fsp3) is 0.250. The van der Waals surface area contributed by atoms with Gasteiger partial charge in [-0.05, 0) is 40.5 Å². The van der Waals surface area contributed by atoms with Crippen LogP contribution in [0.4, 0.5) is 14.6 Å². The Morgan fingerprint density at radius 1 is 1.39 bits per heavy atom. The maximum absolute atomic E-state index is 13.8. The summed E-state index contributed by atoms with van der Waals surface area (Å²) in [5, 5.41) is 7.39. The summed E-state index contributed by atoms with van der Waals surface area (Å²) < 4.78 is 29.6. The predicted molar refractivity (Wildman–Crippen MR) is 67.5 cm³/mol. The Hall–Kier alpha value is -1.43. The Balaban J connectivity index is 2.11. The van der Waals surface area contributed by atoms with E-state index in [9.17, 15) is 8.78 Å². The lowest BCUT2D eigenvalue weighted by molar-refractivity contribution is 0.454. The third-order valence-corrected chi connectivity index (χ3v) is 3.65. The molecule has 18 heavy (non-hydrogen) atoms. The molecule has 0 fully saturated rings. The molecule has 2 aromatic rings. The van der Waals surface area contributed by atoms with Crippen LogP contribution in [-0.4, -0.2) is 16.3 Å². The van der Waals surface area contributed by atoms with Crippen LogP contribution in [0, 0.1) is 11.6 Å². The molecular formula is C12H10BrF2N3. The highest BCUT2D eigenvalue weighted by molar-refractivity contribution is 9.10. The topological polar surface area (TPSA) is 29.9 Å². The standard InChI is InChI=1S/C12H10BrF2N3/c13-9-6-17-18-11(3-4-16-12(9)18)8-5-7(14)1-2-10(8)15/h1-2,5-6,11,16H,3-4H2. The van der Waals surface area contributed by atoms with Gasteiger partial charge in [0.1, 0.15) is 17.5 Å². The van der Waals surface area contributed by atoms with Gasteiger partial charge in [-0.15, -0.1) is 0 Å². The van der Waals surface area contributed by atoms with Gasteiger partial charge in [0, 0.05) is 12.1 Å². The molecule has 1 unspecified atom stereocenters. The zero-order chi connectivity index (χ0) is 12.7. The summed E-state index contributed by atoms with van der Waals surface area (Å²) in [4.78, 5) is 0. The highest BCUT2D eigenvalue weighted by Crippen LogP contribution is 2.34. The number of hydrogen-bond donors (Lipinski definition) is 1. The number of fused-ring (bicyclic) bond motifs is 1. The number of benzene rings is 1. The summed E-state index contributed by atoms with van der Waals surface area (Å²) in [7, 11) is 0. The van der Waals surface area contributed by atoms with E-state index >= 15 is 0 Å². The minimum absolute atomic E-state index is 0.275. The van der Waals surface area contributed by atoms with Crippen molar-refractivity contribution in [2.45, 2.75) is 12.5 Å². The molecule has 0 aliphatic carbocycles. The first-order chi connectivity index (χ1) is 8.66. The van der Waals surface area contributed by atoms with Gasteiger partial charge in [-0.2, -0.15) is 5.10 Å². The summed E-state index contributed by atoms with van der Waals surface area (Å²) in [6.45, 7) is 0.699. The van der Waals surface area contributed by atoms with Crippen molar-refractivity contribution in [3.8, 4) is 0 Å². The quantitative estimate of drug-likeness (QED) is 0.875. The Labute approximate surface area is 111 Å². The molecule has 3 rings (SSSR count). The van der Waals surface area contributed by atoms with Crippen molar-refractivity contribution in [2.75, 3.05) is 11.9 Å². The van der Waals surface area contributed by atoms with Crippen LogP contribution in [0.1, 0.15) is 18.0 Å². The van der Waals surface area contributed by atoms with Crippen LogP contribution >= 0.6 is 15.9 Å². The molecule has 0 amide bonds.